The monoisotopic (exact) mass is 461 g/mol. The van der Waals surface area contributed by atoms with Crippen molar-refractivity contribution in [3.05, 3.63) is 74.2 Å². The molecule has 1 aromatic heterocycles. The molecular formula is C18H15Cl3FN3O2S. The van der Waals surface area contributed by atoms with Gasteiger partial charge < -0.3 is 0 Å². The van der Waals surface area contributed by atoms with Crippen LogP contribution in [0.5, 0.6) is 0 Å². The van der Waals surface area contributed by atoms with E-state index in [1.807, 2.05) is 0 Å². The lowest BCUT2D eigenvalue weighted by atomic mass is 10.2. The van der Waals surface area contributed by atoms with Gasteiger partial charge in [0, 0.05) is 0 Å². The molecule has 2 aromatic carbocycles. The Balaban J connectivity index is 1.93. The summed E-state index contributed by atoms with van der Waals surface area (Å²) in [6, 6.07) is 8.48. The Kier molecular flexibility index (Phi) is 5.91. The lowest BCUT2D eigenvalue weighted by Crippen LogP contribution is -2.15. The number of nitrogens with zero attached hydrogens (tertiary/aromatic N) is 2. The second-order valence-corrected chi connectivity index (χ2v) is 9.00. The molecule has 3 rings (SSSR count). The molecule has 0 amide bonds. The largest absolute Gasteiger partial charge is 0.276 e. The van der Waals surface area contributed by atoms with Crippen LogP contribution < -0.4 is 4.72 Å². The fourth-order valence-electron chi connectivity index (χ4n) is 2.66. The SMILES string of the molecule is Cc1nn(Cc2ccc(F)cc2)c(C)c1NS(=O)(=O)c1cc(Cl)c(Cl)cc1Cl. The molecule has 0 atom stereocenters. The predicted octanol–water partition coefficient (Wildman–Crippen LogP) is 5.45. The first kappa shape index (κ1) is 20.9. The Labute approximate surface area is 177 Å². The van der Waals surface area contributed by atoms with Crippen molar-refractivity contribution in [2.75, 3.05) is 4.72 Å². The minimum absolute atomic E-state index is 0.0455. The zero-order valence-electron chi connectivity index (χ0n) is 14.8. The number of sulfonamides is 1. The highest BCUT2D eigenvalue weighted by atomic mass is 35.5. The van der Waals surface area contributed by atoms with Crippen LogP contribution in [0.4, 0.5) is 10.1 Å². The van der Waals surface area contributed by atoms with Crippen LogP contribution in [0.15, 0.2) is 41.3 Å². The highest BCUT2D eigenvalue weighted by Crippen LogP contribution is 2.33. The zero-order valence-corrected chi connectivity index (χ0v) is 17.9. The van der Waals surface area contributed by atoms with Crippen molar-refractivity contribution in [1.82, 2.24) is 9.78 Å². The highest BCUT2D eigenvalue weighted by molar-refractivity contribution is 7.92. The van der Waals surface area contributed by atoms with Crippen LogP contribution in [0.3, 0.4) is 0 Å². The van der Waals surface area contributed by atoms with Gasteiger partial charge >= 0.3 is 0 Å². The lowest BCUT2D eigenvalue weighted by Gasteiger charge is -2.11. The third-order valence-electron chi connectivity index (χ3n) is 4.13. The van der Waals surface area contributed by atoms with E-state index in [9.17, 15) is 12.8 Å². The fourth-order valence-corrected chi connectivity index (χ4v) is 4.84. The van der Waals surface area contributed by atoms with Crippen molar-refractivity contribution in [1.29, 1.82) is 0 Å². The number of benzene rings is 2. The summed E-state index contributed by atoms with van der Waals surface area (Å²) in [6.07, 6.45) is 0. The molecule has 5 nitrogen and oxygen atoms in total. The topological polar surface area (TPSA) is 64.0 Å². The molecule has 3 aromatic rings. The number of aryl methyl sites for hydroxylation is 1. The van der Waals surface area contributed by atoms with Gasteiger partial charge in [-0.2, -0.15) is 5.10 Å². The van der Waals surface area contributed by atoms with Gasteiger partial charge in [0.05, 0.1) is 38.7 Å². The van der Waals surface area contributed by atoms with Gasteiger partial charge in [-0.05, 0) is 43.7 Å². The molecule has 0 bridgehead atoms. The molecule has 0 aliphatic heterocycles. The van der Waals surface area contributed by atoms with Crippen LogP contribution in [0.1, 0.15) is 17.0 Å². The molecular weight excluding hydrogens is 448 g/mol. The molecule has 0 aliphatic rings. The van der Waals surface area contributed by atoms with Gasteiger partial charge in [-0.25, -0.2) is 12.8 Å². The van der Waals surface area contributed by atoms with E-state index in [4.69, 9.17) is 34.8 Å². The van der Waals surface area contributed by atoms with E-state index in [-0.39, 0.29) is 25.8 Å². The maximum Gasteiger partial charge on any atom is 0.263 e. The molecule has 0 aliphatic carbocycles. The van der Waals surface area contributed by atoms with Crippen molar-refractivity contribution in [3.63, 3.8) is 0 Å². The lowest BCUT2D eigenvalue weighted by molar-refractivity contribution is 0.601. The first-order valence-corrected chi connectivity index (χ1v) is 10.7. The molecule has 28 heavy (non-hydrogen) atoms. The number of rotatable bonds is 5. The second kappa shape index (κ2) is 7.91. The summed E-state index contributed by atoms with van der Waals surface area (Å²) in [5.41, 5.74) is 2.25. The van der Waals surface area contributed by atoms with Crippen LogP contribution in [0, 0.1) is 19.7 Å². The summed E-state index contributed by atoms with van der Waals surface area (Å²) in [7, 11) is -4.02. The molecule has 0 saturated carbocycles. The van der Waals surface area contributed by atoms with Crippen molar-refractivity contribution >= 4 is 50.5 Å². The number of nitrogens with one attached hydrogen (secondary N) is 1. The highest BCUT2D eigenvalue weighted by Gasteiger charge is 2.23. The molecule has 10 heteroatoms. The molecule has 1 heterocycles. The minimum Gasteiger partial charge on any atom is -0.276 e. The summed E-state index contributed by atoms with van der Waals surface area (Å²) in [6.45, 7) is 3.78. The van der Waals surface area contributed by atoms with E-state index in [1.54, 1.807) is 30.7 Å². The Morgan fingerprint density at radius 2 is 1.64 bits per heavy atom. The fraction of sp³-hybridized carbons (Fsp3) is 0.167. The Hall–Kier alpha value is -1.80. The van der Waals surface area contributed by atoms with Crippen LogP contribution in [0.2, 0.25) is 15.1 Å². The summed E-state index contributed by atoms with van der Waals surface area (Å²) in [5.74, 6) is -0.330. The average molecular weight is 463 g/mol. The van der Waals surface area contributed by atoms with Crippen LogP contribution in [-0.2, 0) is 16.6 Å². The smallest absolute Gasteiger partial charge is 0.263 e. The van der Waals surface area contributed by atoms with E-state index >= 15 is 0 Å². The van der Waals surface area contributed by atoms with Gasteiger partial charge in [0.2, 0.25) is 0 Å². The van der Waals surface area contributed by atoms with Crippen LogP contribution >= 0.6 is 34.8 Å². The standard InChI is InChI=1S/C18H15Cl3FN3O2S/c1-10-18(11(2)25(23-10)9-12-3-5-13(22)6-4-12)24-28(26,27)17-8-15(20)14(19)7-16(17)21/h3-8,24H,9H2,1-2H3. The molecule has 0 saturated heterocycles. The van der Waals surface area contributed by atoms with Crippen LogP contribution in [-0.4, -0.2) is 18.2 Å². The summed E-state index contributed by atoms with van der Waals surface area (Å²) in [4.78, 5) is -0.186. The second-order valence-electron chi connectivity index (χ2n) is 6.13. The zero-order chi connectivity index (χ0) is 20.6. The number of anilines is 1. The molecule has 0 spiro atoms. The maximum atomic E-state index is 13.1. The van der Waals surface area contributed by atoms with Crippen LogP contribution in [0.25, 0.3) is 0 Å². The first-order chi connectivity index (χ1) is 13.1. The predicted molar refractivity (Wildman–Crippen MR) is 109 cm³/mol. The van der Waals surface area contributed by atoms with Gasteiger partial charge in [-0.1, -0.05) is 46.9 Å². The van der Waals surface area contributed by atoms with Gasteiger partial charge in [0.25, 0.3) is 10.0 Å². The first-order valence-electron chi connectivity index (χ1n) is 8.04. The van der Waals surface area contributed by atoms with Crippen molar-refractivity contribution in [2.24, 2.45) is 0 Å². The quantitative estimate of drug-likeness (QED) is 0.513. The number of aromatic nitrogens is 2. The Bertz CT molecular complexity index is 1150. The van der Waals surface area contributed by atoms with E-state index in [2.05, 4.69) is 9.82 Å². The molecule has 0 unspecified atom stereocenters. The normalized spacial score (nSPS) is 11.6. The van der Waals surface area contributed by atoms with Gasteiger partial charge in [-0.15, -0.1) is 0 Å². The molecule has 1 N–H and O–H groups in total. The summed E-state index contributed by atoms with van der Waals surface area (Å²) in [5, 5.41) is 4.56. The number of hydrogen-bond donors (Lipinski definition) is 1. The average Bonchev–Trinajstić information content (AvgIpc) is 2.87. The molecule has 0 fully saturated rings. The van der Waals surface area contributed by atoms with Crippen molar-refractivity contribution < 1.29 is 12.8 Å². The number of hydrogen-bond acceptors (Lipinski definition) is 3. The maximum absolute atomic E-state index is 13.1. The number of halogens is 4. The van der Waals surface area contributed by atoms with E-state index in [1.165, 1.54) is 24.3 Å². The van der Waals surface area contributed by atoms with E-state index in [0.717, 1.165) is 5.56 Å². The Morgan fingerprint density at radius 1 is 1.04 bits per heavy atom. The Morgan fingerprint density at radius 3 is 2.29 bits per heavy atom. The van der Waals surface area contributed by atoms with Gasteiger partial charge in [-0.3, -0.25) is 9.40 Å². The van der Waals surface area contributed by atoms with E-state index in [0.29, 0.717) is 23.6 Å². The third kappa shape index (κ3) is 4.27. The van der Waals surface area contributed by atoms with Crippen molar-refractivity contribution in [3.8, 4) is 0 Å². The summed E-state index contributed by atoms with van der Waals surface area (Å²) >= 11 is 17.8. The van der Waals surface area contributed by atoms with Crippen molar-refractivity contribution in [2.45, 2.75) is 25.3 Å². The third-order valence-corrected chi connectivity index (χ3v) is 6.66. The van der Waals surface area contributed by atoms with E-state index < -0.39 is 10.0 Å². The summed E-state index contributed by atoms with van der Waals surface area (Å²) < 4.78 is 42.9. The van der Waals surface area contributed by atoms with Gasteiger partial charge in [0.15, 0.2) is 0 Å². The molecule has 0 radical (unpaired) electrons. The van der Waals surface area contributed by atoms with Gasteiger partial charge in [0.1, 0.15) is 10.7 Å². The molecule has 148 valence electrons. The minimum atomic E-state index is -4.02.